The fourth-order valence-electron chi connectivity index (χ4n) is 8.76. The van der Waals surface area contributed by atoms with Gasteiger partial charge in [0.25, 0.3) is 0 Å². The van der Waals surface area contributed by atoms with Crippen LogP contribution < -0.4 is 4.90 Å². The summed E-state index contributed by atoms with van der Waals surface area (Å²) in [5, 5.41) is 15.4. The van der Waals surface area contributed by atoms with Crippen molar-refractivity contribution in [3.63, 3.8) is 0 Å². The molecule has 11 aromatic carbocycles. The van der Waals surface area contributed by atoms with E-state index in [2.05, 4.69) is 205 Å². The van der Waals surface area contributed by atoms with Gasteiger partial charge in [-0.25, -0.2) is 0 Å². The molecule has 0 amide bonds. The highest BCUT2D eigenvalue weighted by molar-refractivity contribution is 6.38. The van der Waals surface area contributed by atoms with Gasteiger partial charge < -0.3 is 4.90 Å². The van der Waals surface area contributed by atoms with E-state index >= 15 is 0 Å². The molecule has 0 bridgehead atoms. The minimum atomic E-state index is 1.12. The van der Waals surface area contributed by atoms with E-state index in [0.717, 1.165) is 17.1 Å². The second-order valence-electron chi connectivity index (χ2n) is 14.1. The molecule has 0 radical (unpaired) electrons. The molecule has 1 heteroatoms. The highest BCUT2D eigenvalue weighted by Gasteiger charge is 2.21. The van der Waals surface area contributed by atoms with Crippen molar-refractivity contribution in [1.82, 2.24) is 0 Å². The Balaban J connectivity index is 1.17. The molecule has 0 heterocycles. The lowest BCUT2D eigenvalue weighted by Gasteiger charge is -2.28. The van der Waals surface area contributed by atoms with E-state index in [1.165, 1.54) is 86.9 Å². The Kier molecular flexibility index (Phi) is 6.62. The number of nitrogens with zero attached hydrogens (tertiary/aromatic N) is 1. The van der Waals surface area contributed by atoms with Gasteiger partial charge in [0.15, 0.2) is 0 Å². The second-order valence-corrected chi connectivity index (χ2v) is 14.1. The van der Waals surface area contributed by atoms with Gasteiger partial charge in [-0.05, 0) is 106 Å². The molecule has 11 rings (SSSR count). The third-order valence-electron chi connectivity index (χ3n) is 11.2. The van der Waals surface area contributed by atoms with E-state index < -0.39 is 0 Å². The molecule has 0 fully saturated rings. The Labute approximate surface area is 307 Å². The molecule has 0 saturated heterocycles. The van der Waals surface area contributed by atoms with Gasteiger partial charge in [0, 0.05) is 22.1 Å². The average Bonchev–Trinajstić information content (AvgIpc) is 3.23. The van der Waals surface area contributed by atoms with E-state index in [1.54, 1.807) is 0 Å². The van der Waals surface area contributed by atoms with Crippen LogP contribution in [0.25, 0.3) is 86.9 Å². The average molecular weight is 672 g/mol. The first-order valence-electron chi connectivity index (χ1n) is 18.3. The molecule has 11 aromatic rings. The van der Waals surface area contributed by atoms with E-state index in [1.807, 2.05) is 0 Å². The van der Waals surface area contributed by atoms with Crippen molar-refractivity contribution in [2.24, 2.45) is 0 Å². The lowest BCUT2D eigenvalue weighted by atomic mass is 9.87. The number of rotatable bonds is 5. The summed E-state index contributed by atoms with van der Waals surface area (Å²) in [5.74, 6) is 0. The third-order valence-corrected chi connectivity index (χ3v) is 11.2. The second kappa shape index (κ2) is 11.8. The topological polar surface area (TPSA) is 3.24 Å². The number of hydrogen-bond donors (Lipinski definition) is 0. The Hall–Kier alpha value is -6.96. The standard InChI is InChI=1S/C52H33N/c1-3-11-34(12-4-1)35-23-25-36(26-24-35)37-29-31-42(32-30-37)53(41-16-5-2-6-17-41)48-33-40-15-9-20-44-43-18-7-13-38-27-28-39-14-8-19-45(50(39)49(38)43)46-21-10-22-47(48)52(46)51(40)44/h1-33H. The van der Waals surface area contributed by atoms with Crippen LogP contribution in [-0.2, 0) is 0 Å². The van der Waals surface area contributed by atoms with Gasteiger partial charge in [0.05, 0.1) is 5.69 Å². The highest BCUT2D eigenvalue weighted by atomic mass is 15.1. The van der Waals surface area contributed by atoms with Gasteiger partial charge >= 0.3 is 0 Å². The summed E-state index contributed by atoms with van der Waals surface area (Å²) in [6.45, 7) is 0. The zero-order chi connectivity index (χ0) is 34.9. The number of para-hydroxylation sites is 1. The Morgan fingerprint density at radius 1 is 0.245 bits per heavy atom. The lowest BCUT2D eigenvalue weighted by molar-refractivity contribution is 1.30. The van der Waals surface area contributed by atoms with Crippen LogP contribution in [0.1, 0.15) is 0 Å². The van der Waals surface area contributed by atoms with Crippen LogP contribution >= 0.6 is 0 Å². The first kappa shape index (κ1) is 29.7. The maximum Gasteiger partial charge on any atom is 0.0546 e. The van der Waals surface area contributed by atoms with Crippen molar-refractivity contribution >= 4 is 81.7 Å². The van der Waals surface area contributed by atoms with Gasteiger partial charge in [-0.2, -0.15) is 0 Å². The first-order chi connectivity index (χ1) is 26.3. The molecule has 0 saturated carbocycles. The molecule has 0 unspecified atom stereocenters. The fraction of sp³-hybridized carbons (Fsp3) is 0. The minimum Gasteiger partial charge on any atom is -0.310 e. The highest BCUT2D eigenvalue weighted by Crippen LogP contribution is 2.48. The van der Waals surface area contributed by atoms with Crippen molar-refractivity contribution in [3.8, 4) is 22.3 Å². The molecule has 0 aliphatic carbocycles. The predicted octanol–water partition coefficient (Wildman–Crippen LogP) is 14.8. The Bertz CT molecular complexity index is 3130. The molecule has 246 valence electrons. The lowest BCUT2D eigenvalue weighted by Crippen LogP contribution is -2.10. The molecule has 1 nitrogen and oxygen atoms in total. The molecular weight excluding hydrogens is 639 g/mol. The minimum absolute atomic E-state index is 1.12. The van der Waals surface area contributed by atoms with Crippen molar-refractivity contribution in [1.29, 1.82) is 0 Å². The SMILES string of the molecule is c1ccc(-c2ccc(-c3ccc(N(c4ccccc4)c4cc5cccc6c7cccc8ccc9cccc(c%10cccc4c%10c56)c9c87)cc3)cc2)cc1. The Morgan fingerprint density at radius 2 is 0.642 bits per heavy atom. The third kappa shape index (κ3) is 4.64. The fourth-order valence-corrected chi connectivity index (χ4v) is 8.76. The summed E-state index contributed by atoms with van der Waals surface area (Å²) in [6, 6.07) is 73.6. The van der Waals surface area contributed by atoms with Crippen LogP contribution in [0.4, 0.5) is 17.1 Å². The van der Waals surface area contributed by atoms with E-state index in [9.17, 15) is 0 Å². The zero-order valence-corrected chi connectivity index (χ0v) is 29.0. The molecule has 53 heavy (non-hydrogen) atoms. The van der Waals surface area contributed by atoms with E-state index in [-0.39, 0.29) is 0 Å². The maximum atomic E-state index is 2.43. The summed E-state index contributed by atoms with van der Waals surface area (Å²) in [7, 11) is 0. The van der Waals surface area contributed by atoms with Crippen molar-refractivity contribution < 1.29 is 0 Å². The molecule has 0 aromatic heterocycles. The van der Waals surface area contributed by atoms with Gasteiger partial charge in [0.1, 0.15) is 0 Å². The van der Waals surface area contributed by atoms with Crippen LogP contribution in [-0.4, -0.2) is 0 Å². The summed E-state index contributed by atoms with van der Waals surface area (Å²) in [4.78, 5) is 2.43. The van der Waals surface area contributed by atoms with Crippen LogP contribution in [0, 0.1) is 0 Å². The van der Waals surface area contributed by atoms with Crippen molar-refractivity contribution in [2.45, 2.75) is 0 Å². The normalized spacial score (nSPS) is 11.8. The number of hydrogen-bond acceptors (Lipinski definition) is 1. The van der Waals surface area contributed by atoms with Crippen LogP contribution in [0.5, 0.6) is 0 Å². The summed E-state index contributed by atoms with van der Waals surface area (Å²) in [6.07, 6.45) is 0. The molecule has 0 aliphatic heterocycles. The van der Waals surface area contributed by atoms with E-state index in [4.69, 9.17) is 0 Å². The van der Waals surface area contributed by atoms with Gasteiger partial charge in [-0.1, -0.05) is 170 Å². The number of fused-ring (bicyclic) bond motifs is 2. The summed E-state index contributed by atoms with van der Waals surface area (Å²) < 4.78 is 0. The zero-order valence-electron chi connectivity index (χ0n) is 29.0. The van der Waals surface area contributed by atoms with Crippen molar-refractivity contribution in [3.05, 3.63) is 200 Å². The van der Waals surface area contributed by atoms with Gasteiger partial charge in [0.2, 0.25) is 0 Å². The van der Waals surface area contributed by atoms with Gasteiger partial charge in [-0.3, -0.25) is 0 Å². The molecular formula is C52H33N. The molecule has 0 spiro atoms. The van der Waals surface area contributed by atoms with Crippen LogP contribution in [0.15, 0.2) is 200 Å². The first-order valence-corrected chi connectivity index (χ1v) is 18.3. The summed E-state index contributed by atoms with van der Waals surface area (Å²) >= 11 is 0. The Morgan fingerprint density at radius 3 is 1.21 bits per heavy atom. The van der Waals surface area contributed by atoms with E-state index in [0.29, 0.717) is 0 Å². The van der Waals surface area contributed by atoms with Crippen molar-refractivity contribution in [2.75, 3.05) is 4.90 Å². The van der Waals surface area contributed by atoms with Crippen LogP contribution in [0.2, 0.25) is 0 Å². The van der Waals surface area contributed by atoms with Gasteiger partial charge in [-0.15, -0.1) is 0 Å². The molecule has 0 atom stereocenters. The monoisotopic (exact) mass is 671 g/mol. The predicted molar refractivity (Wildman–Crippen MR) is 228 cm³/mol. The largest absolute Gasteiger partial charge is 0.310 e. The molecule has 0 aliphatic rings. The molecule has 0 N–H and O–H groups in total. The number of anilines is 3. The smallest absolute Gasteiger partial charge is 0.0546 e. The van der Waals surface area contributed by atoms with Crippen LogP contribution in [0.3, 0.4) is 0 Å². The number of benzene rings is 10. The maximum absolute atomic E-state index is 2.43. The quantitative estimate of drug-likeness (QED) is 0.165. The summed E-state index contributed by atoms with van der Waals surface area (Å²) in [5.41, 5.74) is 8.26.